The number of rotatable bonds is 4. The van der Waals surface area contributed by atoms with Gasteiger partial charge in [-0.15, -0.1) is 0 Å². The Balaban J connectivity index is 2.66. The number of carbonyl (C=O) groups is 1. The average Bonchev–Trinajstić information content (AvgIpc) is 2.26. The molecule has 20 heavy (non-hydrogen) atoms. The number of aryl methyl sites for hydroxylation is 1. The molecule has 1 aromatic carbocycles. The standard InChI is InChI=1S/C14H21NO4S/c1-10-9-11(15)5-6-12(10)13(16)19-7-8-20(17,18)14(2,3)4/h5-6,9H,7-8,15H2,1-4H3. The minimum atomic E-state index is -3.29. The number of nitrogens with two attached hydrogens (primary N) is 1. The molecule has 2 N–H and O–H groups in total. The third-order valence-corrected chi connectivity index (χ3v) is 5.56. The van der Waals surface area contributed by atoms with Gasteiger partial charge in [-0.2, -0.15) is 0 Å². The zero-order valence-electron chi connectivity index (χ0n) is 12.3. The van der Waals surface area contributed by atoms with Gasteiger partial charge in [-0.05, 0) is 51.5 Å². The zero-order valence-corrected chi connectivity index (χ0v) is 13.1. The lowest BCUT2D eigenvalue weighted by Gasteiger charge is -2.18. The van der Waals surface area contributed by atoms with Crippen LogP contribution in [0, 0.1) is 6.92 Å². The number of sulfone groups is 1. The number of esters is 1. The first-order valence-electron chi connectivity index (χ1n) is 6.30. The van der Waals surface area contributed by atoms with Gasteiger partial charge in [0, 0.05) is 5.69 Å². The Morgan fingerprint density at radius 3 is 2.40 bits per heavy atom. The molecule has 1 rings (SSSR count). The van der Waals surface area contributed by atoms with Crippen LogP contribution in [0.1, 0.15) is 36.7 Å². The van der Waals surface area contributed by atoms with E-state index in [0.717, 1.165) is 0 Å². The van der Waals surface area contributed by atoms with E-state index < -0.39 is 20.6 Å². The minimum Gasteiger partial charge on any atom is -0.461 e. The van der Waals surface area contributed by atoms with Gasteiger partial charge in [-0.3, -0.25) is 0 Å². The molecule has 0 saturated carbocycles. The zero-order chi connectivity index (χ0) is 15.6. The minimum absolute atomic E-state index is 0.151. The number of anilines is 1. The fraction of sp³-hybridized carbons (Fsp3) is 0.500. The lowest BCUT2D eigenvalue weighted by atomic mass is 10.1. The quantitative estimate of drug-likeness (QED) is 0.678. The van der Waals surface area contributed by atoms with Gasteiger partial charge in [-0.25, -0.2) is 13.2 Å². The molecule has 0 heterocycles. The van der Waals surface area contributed by atoms with E-state index in [-0.39, 0.29) is 12.4 Å². The van der Waals surface area contributed by atoms with Crippen molar-refractivity contribution in [2.24, 2.45) is 0 Å². The summed E-state index contributed by atoms with van der Waals surface area (Å²) in [5.74, 6) is -0.720. The normalized spacial score (nSPS) is 12.2. The molecule has 1 aromatic rings. The van der Waals surface area contributed by atoms with E-state index >= 15 is 0 Å². The summed E-state index contributed by atoms with van der Waals surface area (Å²) in [6.45, 7) is 6.46. The first-order chi connectivity index (χ1) is 9.04. The first-order valence-corrected chi connectivity index (χ1v) is 7.95. The van der Waals surface area contributed by atoms with Crippen molar-refractivity contribution >= 4 is 21.5 Å². The first kappa shape index (κ1) is 16.5. The molecule has 0 fully saturated rings. The van der Waals surface area contributed by atoms with E-state index in [1.165, 1.54) is 0 Å². The van der Waals surface area contributed by atoms with Crippen LogP contribution in [0.4, 0.5) is 5.69 Å². The molecule has 0 atom stereocenters. The molecular weight excluding hydrogens is 278 g/mol. The van der Waals surface area contributed by atoms with Crippen LogP contribution in [0.15, 0.2) is 18.2 Å². The second-order valence-corrected chi connectivity index (χ2v) is 8.50. The van der Waals surface area contributed by atoms with Crippen LogP contribution in [0.25, 0.3) is 0 Å². The van der Waals surface area contributed by atoms with Crippen molar-refractivity contribution in [2.75, 3.05) is 18.1 Å². The van der Waals surface area contributed by atoms with Gasteiger partial charge in [-0.1, -0.05) is 0 Å². The Kier molecular flexibility index (Phi) is 4.81. The molecule has 0 radical (unpaired) electrons. The summed E-state index contributed by atoms with van der Waals surface area (Å²) in [6, 6.07) is 4.85. The van der Waals surface area contributed by atoms with Crippen LogP contribution in [0.3, 0.4) is 0 Å². The second kappa shape index (κ2) is 5.83. The molecule has 0 aliphatic rings. The SMILES string of the molecule is Cc1cc(N)ccc1C(=O)OCCS(=O)(=O)C(C)(C)C. The molecule has 112 valence electrons. The second-order valence-electron chi connectivity index (χ2n) is 5.64. The summed E-state index contributed by atoms with van der Waals surface area (Å²) in [6.07, 6.45) is 0. The van der Waals surface area contributed by atoms with Crippen molar-refractivity contribution in [1.29, 1.82) is 0 Å². The molecule has 0 spiro atoms. The lowest BCUT2D eigenvalue weighted by molar-refractivity contribution is 0.0528. The number of ether oxygens (including phenoxy) is 1. The Morgan fingerprint density at radius 1 is 1.30 bits per heavy atom. The highest BCUT2D eigenvalue weighted by Crippen LogP contribution is 2.17. The van der Waals surface area contributed by atoms with Crippen LogP contribution < -0.4 is 5.73 Å². The van der Waals surface area contributed by atoms with Gasteiger partial charge in [0.1, 0.15) is 6.61 Å². The van der Waals surface area contributed by atoms with E-state index in [1.807, 2.05) is 0 Å². The summed E-state index contributed by atoms with van der Waals surface area (Å²) in [5, 5.41) is 0. The molecule has 0 aliphatic heterocycles. The Bertz CT molecular complexity index is 600. The summed E-state index contributed by atoms with van der Waals surface area (Å²) in [4.78, 5) is 11.9. The number of carbonyl (C=O) groups excluding carboxylic acids is 1. The number of hydrogen-bond donors (Lipinski definition) is 1. The molecule has 0 amide bonds. The predicted octanol–water partition coefficient (Wildman–Crippen LogP) is 1.95. The van der Waals surface area contributed by atoms with Gasteiger partial charge in [0.15, 0.2) is 9.84 Å². The number of benzene rings is 1. The van der Waals surface area contributed by atoms with Crippen molar-refractivity contribution in [2.45, 2.75) is 32.4 Å². The van der Waals surface area contributed by atoms with Crippen molar-refractivity contribution < 1.29 is 17.9 Å². The number of hydrogen-bond acceptors (Lipinski definition) is 5. The number of nitrogen functional groups attached to an aromatic ring is 1. The van der Waals surface area contributed by atoms with Crippen molar-refractivity contribution in [1.82, 2.24) is 0 Å². The molecule has 5 nitrogen and oxygen atoms in total. The fourth-order valence-electron chi connectivity index (χ4n) is 1.54. The average molecular weight is 299 g/mol. The third kappa shape index (κ3) is 3.96. The van der Waals surface area contributed by atoms with Crippen LogP contribution in [0.2, 0.25) is 0 Å². The van der Waals surface area contributed by atoms with Gasteiger partial charge < -0.3 is 10.5 Å². The fourth-order valence-corrected chi connectivity index (χ4v) is 2.46. The maximum Gasteiger partial charge on any atom is 0.338 e. The van der Waals surface area contributed by atoms with Crippen molar-refractivity contribution in [3.8, 4) is 0 Å². The maximum absolute atomic E-state index is 11.9. The van der Waals surface area contributed by atoms with E-state index in [2.05, 4.69) is 0 Å². The van der Waals surface area contributed by atoms with Gasteiger partial charge in [0.05, 0.1) is 16.1 Å². The van der Waals surface area contributed by atoms with Crippen LogP contribution in [0.5, 0.6) is 0 Å². The summed E-state index contributed by atoms with van der Waals surface area (Å²) < 4.78 is 27.9. The molecule has 0 aromatic heterocycles. The predicted molar refractivity (Wildman–Crippen MR) is 79.4 cm³/mol. The summed E-state index contributed by atoms with van der Waals surface area (Å²) in [5.41, 5.74) is 7.26. The Morgan fingerprint density at radius 2 is 1.90 bits per heavy atom. The maximum atomic E-state index is 11.9. The monoisotopic (exact) mass is 299 g/mol. The van der Waals surface area contributed by atoms with Crippen LogP contribution in [-0.2, 0) is 14.6 Å². The van der Waals surface area contributed by atoms with E-state index in [9.17, 15) is 13.2 Å². The molecular formula is C14H21NO4S. The smallest absolute Gasteiger partial charge is 0.338 e. The highest BCUT2D eigenvalue weighted by atomic mass is 32.2. The van der Waals surface area contributed by atoms with E-state index in [0.29, 0.717) is 16.8 Å². The van der Waals surface area contributed by atoms with Crippen molar-refractivity contribution in [3.63, 3.8) is 0 Å². The van der Waals surface area contributed by atoms with Crippen LogP contribution >= 0.6 is 0 Å². The van der Waals surface area contributed by atoms with Gasteiger partial charge in [0.2, 0.25) is 0 Å². The highest BCUT2D eigenvalue weighted by Gasteiger charge is 2.28. The van der Waals surface area contributed by atoms with Crippen LogP contribution in [-0.4, -0.2) is 31.5 Å². The van der Waals surface area contributed by atoms with Crippen molar-refractivity contribution in [3.05, 3.63) is 29.3 Å². The van der Waals surface area contributed by atoms with Gasteiger partial charge >= 0.3 is 5.97 Å². The molecule has 6 heteroatoms. The van der Waals surface area contributed by atoms with Gasteiger partial charge in [0.25, 0.3) is 0 Å². The Hall–Kier alpha value is -1.56. The van der Waals surface area contributed by atoms with E-state index in [1.54, 1.807) is 45.9 Å². The molecule has 0 bridgehead atoms. The lowest BCUT2D eigenvalue weighted by Crippen LogP contribution is -2.32. The largest absolute Gasteiger partial charge is 0.461 e. The molecule has 0 unspecified atom stereocenters. The molecule has 0 saturated heterocycles. The summed E-state index contributed by atoms with van der Waals surface area (Å²) >= 11 is 0. The summed E-state index contributed by atoms with van der Waals surface area (Å²) in [7, 11) is -3.29. The van der Waals surface area contributed by atoms with E-state index in [4.69, 9.17) is 10.5 Å². The Labute approximate surface area is 120 Å². The highest BCUT2D eigenvalue weighted by molar-refractivity contribution is 7.92. The topological polar surface area (TPSA) is 86.5 Å². The molecule has 0 aliphatic carbocycles. The third-order valence-electron chi connectivity index (χ3n) is 2.99.